The van der Waals surface area contributed by atoms with Crippen molar-refractivity contribution in [3.8, 4) is 0 Å². The van der Waals surface area contributed by atoms with Crippen LogP contribution in [0, 0.1) is 12.3 Å². The van der Waals surface area contributed by atoms with Gasteiger partial charge in [-0.15, -0.1) is 0 Å². The molecule has 3 rings (SSSR count). The molecule has 1 aliphatic rings. The summed E-state index contributed by atoms with van der Waals surface area (Å²) in [5, 5.41) is 30.5. The van der Waals surface area contributed by atoms with E-state index in [1.165, 1.54) is 31.1 Å². The fourth-order valence-electron chi connectivity index (χ4n) is 4.68. The molecule has 2 aromatic rings. The van der Waals surface area contributed by atoms with Crippen molar-refractivity contribution >= 4 is 52.2 Å². The molecule has 0 aliphatic carbocycles. The van der Waals surface area contributed by atoms with E-state index in [1.54, 1.807) is 13.8 Å². The number of carbonyl (C=O) groups is 2. The number of phosphoric ester groups is 3. The minimum absolute atomic E-state index is 0.137. The molecule has 2 amide bonds. The van der Waals surface area contributed by atoms with Crippen molar-refractivity contribution in [1.82, 2.24) is 30.2 Å². The third-order valence-corrected chi connectivity index (χ3v) is 10.6. The predicted molar refractivity (Wildman–Crippen MR) is 189 cm³/mol. The number of hydrogen-bond acceptors (Lipinski definition) is 17. The molecular weight excluding hydrogens is 799 g/mol. The molecule has 312 valence electrons. The molecule has 1 aliphatic heterocycles. The lowest BCUT2D eigenvalue weighted by Crippen LogP contribution is -2.46. The molecule has 55 heavy (non-hydrogen) atoms. The van der Waals surface area contributed by atoms with Gasteiger partial charge in [0.05, 0.1) is 30.9 Å². The second-order valence-corrected chi connectivity index (χ2v) is 18.3. The largest absolute Gasteiger partial charge is 0.481 e. The molecule has 27 heteroatoms. The summed E-state index contributed by atoms with van der Waals surface area (Å²) >= 11 is 0. The topological polar surface area (TPSA) is 342 Å². The Labute approximate surface area is 315 Å². The maximum Gasteiger partial charge on any atom is 0.481 e. The van der Waals surface area contributed by atoms with Gasteiger partial charge in [-0.25, -0.2) is 28.6 Å². The summed E-state index contributed by atoms with van der Waals surface area (Å²) in [6.07, 6.45) is -6.05. The molecule has 1 fully saturated rings. The molecule has 8 N–H and O–H groups in total. The van der Waals surface area contributed by atoms with Gasteiger partial charge < -0.3 is 50.0 Å². The van der Waals surface area contributed by atoms with E-state index < -0.39 is 90.2 Å². The van der Waals surface area contributed by atoms with Gasteiger partial charge in [0.25, 0.3) is 0 Å². The number of nitrogens with one attached hydrogen (secondary N) is 2. The van der Waals surface area contributed by atoms with E-state index in [4.69, 9.17) is 18.6 Å². The van der Waals surface area contributed by atoms with Crippen LogP contribution in [0.15, 0.2) is 17.8 Å². The van der Waals surface area contributed by atoms with E-state index in [2.05, 4.69) is 39.6 Å². The Morgan fingerprint density at radius 1 is 1.00 bits per heavy atom. The van der Waals surface area contributed by atoms with Crippen molar-refractivity contribution in [2.24, 2.45) is 10.6 Å². The molecule has 0 spiro atoms. The van der Waals surface area contributed by atoms with Crippen LogP contribution in [0.25, 0.3) is 11.2 Å². The molecule has 6 unspecified atom stereocenters. The van der Waals surface area contributed by atoms with Gasteiger partial charge in [0.2, 0.25) is 11.8 Å². The second-order valence-electron chi connectivity index (χ2n) is 14.0. The fraction of sp³-hybridized carbons (Fsp3) is 0.714. The first kappa shape index (κ1) is 46.6. The maximum atomic E-state index is 12.7. The smallest absolute Gasteiger partial charge is 0.390 e. The van der Waals surface area contributed by atoms with Crippen LogP contribution in [0.2, 0.25) is 0 Å². The highest BCUT2D eigenvalue weighted by Gasteiger charge is 2.50. The first-order valence-corrected chi connectivity index (χ1v) is 21.0. The van der Waals surface area contributed by atoms with Crippen LogP contribution in [-0.2, 0) is 50.7 Å². The lowest BCUT2D eigenvalue weighted by molar-refractivity contribution is -0.137. The monoisotopic (exact) mass is 847 g/mol. The highest BCUT2D eigenvalue weighted by Crippen LogP contribution is 2.61. The number of oxime groups is 1. The normalized spacial score (nSPS) is 22.5. The average molecular weight is 848 g/mol. The van der Waals surface area contributed by atoms with Crippen LogP contribution >= 0.6 is 23.5 Å². The number of carbonyl (C=O) groups excluding carboxylic acids is 2. The van der Waals surface area contributed by atoms with Crippen molar-refractivity contribution in [2.75, 3.05) is 26.3 Å². The van der Waals surface area contributed by atoms with E-state index in [0.717, 1.165) is 0 Å². The van der Waals surface area contributed by atoms with Gasteiger partial charge in [-0.3, -0.25) is 27.7 Å². The third-order valence-electron chi connectivity index (χ3n) is 7.52. The Morgan fingerprint density at radius 2 is 1.64 bits per heavy atom. The number of aliphatic hydroxyl groups is 2. The summed E-state index contributed by atoms with van der Waals surface area (Å²) in [5.74, 6) is -1.35. The maximum absolute atomic E-state index is 12.7. The summed E-state index contributed by atoms with van der Waals surface area (Å²) in [6, 6.07) is 0. The van der Waals surface area contributed by atoms with Gasteiger partial charge >= 0.3 is 23.5 Å². The van der Waals surface area contributed by atoms with Crippen LogP contribution in [0.1, 0.15) is 66.3 Å². The molecule has 0 radical (unpaired) electrons. The van der Waals surface area contributed by atoms with Gasteiger partial charge in [-0.05, 0) is 34.6 Å². The summed E-state index contributed by atoms with van der Waals surface area (Å²) in [6.45, 7) is 9.55. The van der Waals surface area contributed by atoms with Gasteiger partial charge in [0, 0.05) is 31.3 Å². The Bertz CT molecular complexity index is 1830. The number of rotatable bonds is 20. The first-order valence-electron chi connectivity index (χ1n) is 16.5. The zero-order valence-corrected chi connectivity index (χ0v) is 33.7. The number of nitrogens with zero attached hydrogens (tertiary/aromatic N) is 5. The molecule has 1 saturated heterocycles. The van der Waals surface area contributed by atoms with Crippen molar-refractivity contribution in [3.05, 3.63) is 18.3 Å². The fourth-order valence-corrected chi connectivity index (χ4v) is 7.51. The number of phosphoric acid groups is 3. The van der Waals surface area contributed by atoms with Crippen molar-refractivity contribution in [1.29, 1.82) is 0 Å². The number of ether oxygens (including phenoxy) is 1. The summed E-state index contributed by atoms with van der Waals surface area (Å²) in [4.78, 5) is 81.4. The van der Waals surface area contributed by atoms with E-state index in [9.17, 15) is 53.1 Å². The van der Waals surface area contributed by atoms with E-state index in [-0.39, 0.29) is 25.2 Å². The average Bonchev–Trinajstić information content (AvgIpc) is 3.61. The highest BCUT2D eigenvalue weighted by molar-refractivity contribution is 7.61. The minimum Gasteiger partial charge on any atom is -0.390 e. The van der Waals surface area contributed by atoms with E-state index >= 15 is 0 Å². The second kappa shape index (κ2) is 18.6. The minimum atomic E-state index is -5.54. The number of aryl methyl sites for hydroxylation is 1. The molecule has 0 aromatic carbocycles. The Balaban J connectivity index is 1.51. The molecule has 7 atom stereocenters. The number of hydrogen-bond donors (Lipinski definition) is 8. The van der Waals surface area contributed by atoms with Crippen molar-refractivity contribution in [2.45, 2.75) is 97.6 Å². The molecule has 0 saturated carbocycles. The van der Waals surface area contributed by atoms with Gasteiger partial charge in [-0.1, -0.05) is 19.0 Å². The van der Waals surface area contributed by atoms with Crippen LogP contribution in [0.4, 0.5) is 0 Å². The number of aliphatic hydroxyl groups excluding tert-OH is 2. The molecule has 2 aromatic heterocycles. The van der Waals surface area contributed by atoms with Crippen LogP contribution in [-0.4, -0.2) is 123 Å². The molecule has 3 heterocycles. The lowest BCUT2D eigenvalue weighted by atomic mass is 9.87. The van der Waals surface area contributed by atoms with E-state index in [1.807, 2.05) is 20.8 Å². The molecule has 0 bridgehead atoms. The third kappa shape index (κ3) is 14.6. The van der Waals surface area contributed by atoms with Gasteiger partial charge in [0.1, 0.15) is 41.9 Å². The number of aromatic nitrogens is 4. The predicted octanol–water partition coefficient (Wildman–Crippen LogP) is 0.712. The first-order chi connectivity index (χ1) is 25.2. The molecular formula is C28H48N7O17P3. The van der Waals surface area contributed by atoms with Crippen LogP contribution < -0.4 is 10.6 Å². The number of amides is 2. The summed E-state index contributed by atoms with van der Waals surface area (Å²) in [5.41, 5.74) is -0.470. The zero-order valence-electron chi connectivity index (χ0n) is 31.0. The number of fused-ring (bicyclic) bond motifs is 1. The van der Waals surface area contributed by atoms with Gasteiger partial charge in [-0.2, -0.15) is 4.31 Å². The van der Waals surface area contributed by atoms with Gasteiger partial charge in [0.15, 0.2) is 11.9 Å². The Morgan fingerprint density at radius 3 is 2.27 bits per heavy atom. The highest BCUT2D eigenvalue weighted by atomic mass is 31.3. The summed E-state index contributed by atoms with van der Waals surface area (Å²) in [7, 11) is -16.3. The standard InChI is InChI=1S/C28H48N7O17P3/c1-16(34-51-27(3,4)5)8-10-29-19(36)9-11-30-25(39)23(38)28(6,7)13-48-55(45,46)52-54(43,44)47-12-18-22(50-53(40,41)42)21(37)26(49-18)35-15-33-20-17(2)31-14-32-24(20)35/h14-15,18,21-23,26,37-38H,8-13H2,1-7H3,(H,29,36)(H,30,39)(H,43,44)(H,45,46)(H2,40,41,42)/b34-16+/t18?,21?,22?,23-,26?/m1/s1. The van der Waals surface area contributed by atoms with E-state index in [0.29, 0.717) is 23.3 Å². The SMILES string of the molecule is C/C(CCNC(=O)CCNC(=O)[C@@H](O)C(C)(C)COP(=O)(O)OP(=O)(O)OCC1OC(n2cnc3c(C)ncnc32)C(O)C1OP(=O)(O)O)=N\OC(C)(C)C. The van der Waals surface area contributed by atoms with Crippen molar-refractivity contribution in [3.63, 3.8) is 0 Å². The lowest BCUT2D eigenvalue weighted by Gasteiger charge is -2.30. The van der Waals surface area contributed by atoms with Crippen LogP contribution in [0.3, 0.4) is 0 Å². The quantitative estimate of drug-likeness (QED) is 0.0517. The summed E-state index contributed by atoms with van der Waals surface area (Å²) < 4.78 is 62.3. The van der Waals surface area contributed by atoms with Crippen molar-refractivity contribution < 1.29 is 80.5 Å². The van der Waals surface area contributed by atoms with Crippen LogP contribution in [0.5, 0.6) is 0 Å². The number of imidazole rings is 1. The Kier molecular flexibility index (Phi) is 15.8. The molecule has 24 nitrogen and oxygen atoms in total. The Hall–Kier alpha value is -2.79. The zero-order chi connectivity index (χ0) is 41.6.